The van der Waals surface area contributed by atoms with Crippen LogP contribution in [0.25, 0.3) is 0 Å². The molecule has 0 unspecified atom stereocenters. The first-order valence-electron chi connectivity index (χ1n) is 8.99. The van der Waals surface area contributed by atoms with E-state index < -0.39 is 0 Å². The number of benzene rings is 1. The quantitative estimate of drug-likeness (QED) is 0.502. The molecule has 0 fully saturated rings. The zero-order valence-electron chi connectivity index (χ0n) is 15.7. The van der Waals surface area contributed by atoms with Gasteiger partial charge in [0.15, 0.2) is 0 Å². The largest absolute Gasteiger partial charge is 0.344 e. The molecule has 26 heavy (non-hydrogen) atoms. The highest BCUT2D eigenvalue weighted by Gasteiger charge is 2.38. The first-order chi connectivity index (χ1) is 12.6. The van der Waals surface area contributed by atoms with Crippen molar-refractivity contribution in [3.05, 3.63) is 77.6 Å². The lowest BCUT2D eigenvalue weighted by Crippen LogP contribution is -2.26. The Bertz CT molecular complexity index is 823. The third-order valence-corrected chi connectivity index (χ3v) is 4.63. The van der Waals surface area contributed by atoms with E-state index in [2.05, 4.69) is 56.0 Å². The van der Waals surface area contributed by atoms with Gasteiger partial charge in [0.25, 0.3) is 0 Å². The molecule has 0 amide bonds. The Morgan fingerprint density at radius 3 is 2.46 bits per heavy atom. The zero-order chi connectivity index (χ0) is 19.0. The van der Waals surface area contributed by atoms with Gasteiger partial charge in [-0.3, -0.25) is 0 Å². The first kappa shape index (κ1) is 19.3. The van der Waals surface area contributed by atoms with Crippen molar-refractivity contribution >= 4 is 5.69 Å². The number of rotatable bonds is 6. The average Bonchev–Trinajstić information content (AvgIpc) is 2.86. The summed E-state index contributed by atoms with van der Waals surface area (Å²) in [6.45, 7) is 7.76. The van der Waals surface area contributed by atoms with Crippen LogP contribution < -0.4 is 4.90 Å². The zero-order valence-corrected chi connectivity index (χ0v) is 15.7. The van der Waals surface area contributed by atoms with Crippen LogP contribution in [0.2, 0.25) is 0 Å². The summed E-state index contributed by atoms with van der Waals surface area (Å²) in [5.74, 6) is 0. The lowest BCUT2D eigenvalue weighted by atomic mass is 9.84. The lowest BCUT2D eigenvalue weighted by Gasteiger charge is -2.27. The third kappa shape index (κ3) is 4.13. The van der Waals surface area contributed by atoms with Crippen molar-refractivity contribution in [1.29, 1.82) is 10.5 Å². The molecule has 0 aromatic heterocycles. The van der Waals surface area contributed by atoms with Crippen molar-refractivity contribution in [3.8, 4) is 12.1 Å². The van der Waals surface area contributed by atoms with Gasteiger partial charge in [0.1, 0.15) is 17.7 Å². The number of allylic oxidation sites excluding steroid dienone is 8. The van der Waals surface area contributed by atoms with Crippen molar-refractivity contribution in [2.75, 3.05) is 11.4 Å². The molecule has 3 heteroatoms. The smallest absolute Gasteiger partial charge is 0.129 e. The van der Waals surface area contributed by atoms with E-state index in [1.165, 1.54) is 23.0 Å². The molecule has 0 radical (unpaired) electrons. The number of anilines is 1. The van der Waals surface area contributed by atoms with Crippen LogP contribution in [-0.2, 0) is 5.41 Å². The van der Waals surface area contributed by atoms with Crippen molar-refractivity contribution in [2.24, 2.45) is 0 Å². The Hall–Kier alpha value is -3.04. The second kappa shape index (κ2) is 8.88. The summed E-state index contributed by atoms with van der Waals surface area (Å²) in [6.07, 6.45) is 13.5. The molecule has 0 spiro atoms. The molecule has 1 aromatic carbocycles. The molecule has 0 atom stereocenters. The molecule has 0 bridgehead atoms. The SMILES string of the molecule is CCCCN1/C(=C/C=C/C=C/C=C(C#N)C#N)C(C)(C)c2ccccc21. The summed E-state index contributed by atoms with van der Waals surface area (Å²) < 4.78 is 0. The molecule has 0 saturated heterocycles. The Kier molecular flexibility index (Phi) is 6.59. The van der Waals surface area contributed by atoms with E-state index in [0.29, 0.717) is 0 Å². The molecule has 0 N–H and O–H groups in total. The van der Waals surface area contributed by atoms with Crippen LogP contribution in [0.4, 0.5) is 5.69 Å². The number of para-hydroxylation sites is 1. The molecule has 0 saturated carbocycles. The fourth-order valence-electron chi connectivity index (χ4n) is 3.22. The van der Waals surface area contributed by atoms with Gasteiger partial charge in [-0.05, 0) is 30.2 Å². The molecule has 1 aliphatic rings. The Morgan fingerprint density at radius 1 is 1.08 bits per heavy atom. The average molecular weight is 343 g/mol. The highest BCUT2D eigenvalue weighted by Crippen LogP contribution is 2.47. The van der Waals surface area contributed by atoms with Crippen LogP contribution in [0.5, 0.6) is 0 Å². The van der Waals surface area contributed by atoms with Crippen LogP contribution in [0.15, 0.2) is 72.0 Å². The molecule has 132 valence electrons. The predicted molar refractivity (Wildman–Crippen MR) is 107 cm³/mol. The lowest BCUT2D eigenvalue weighted by molar-refractivity contribution is 0.624. The molecule has 2 rings (SSSR count). The minimum absolute atomic E-state index is 0.0346. The summed E-state index contributed by atoms with van der Waals surface area (Å²) >= 11 is 0. The summed E-state index contributed by atoms with van der Waals surface area (Å²) in [4.78, 5) is 2.43. The molecule has 3 nitrogen and oxygen atoms in total. The molecule has 0 aliphatic carbocycles. The first-order valence-corrected chi connectivity index (χ1v) is 8.99. The normalized spacial score (nSPS) is 16.7. The van der Waals surface area contributed by atoms with E-state index in [1.54, 1.807) is 6.08 Å². The van der Waals surface area contributed by atoms with Gasteiger partial charge in [0.05, 0.1) is 0 Å². The number of hydrogen-bond donors (Lipinski definition) is 0. The van der Waals surface area contributed by atoms with E-state index in [0.717, 1.165) is 19.4 Å². The van der Waals surface area contributed by atoms with E-state index in [-0.39, 0.29) is 11.0 Å². The Labute approximate surface area is 156 Å². The standard InChI is InChI=1S/C23H25N3/c1-4-5-16-26-21-14-11-10-13-20(21)23(2,3)22(26)15-9-7-6-8-12-19(17-24)18-25/h6-15H,4-5,16H2,1-3H3/b8-6+,9-7+,22-15+. The van der Waals surface area contributed by atoms with Crippen molar-refractivity contribution in [1.82, 2.24) is 0 Å². The van der Waals surface area contributed by atoms with Crippen molar-refractivity contribution in [3.63, 3.8) is 0 Å². The second-order valence-corrected chi connectivity index (χ2v) is 6.77. The van der Waals surface area contributed by atoms with Crippen LogP contribution in [-0.4, -0.2) is 6.54 Å². The minimum Gasteiger partial charge on any atom is -0.344 e. The fraction of sp³-hybridized carbons (Fsp3) is 0.304. The van der Waals surface area contributed by atoms with Gasteiger partial charge in [0.2, 0.25) is 0 Å². The molecule has 1 aromatic rings. The maximum Gasteiger partial charge on any atom is 0.129 e. The fourth-order valence-corrected chi connectivity index (χ4v) is 3.22. The van der Waals surface area contributed by atoms with Gasteiger partial charge in [-0.2, -0.15) is 10.5 Å². The van der Waals surface area contributed by atoms with Gasteiger partial charge in [-0.15, -0.1) is 0 Å². The van der Waals surface area contributed by atoms with Crippen LogP contribution in [0, 0.1) is 22.7 Å². The predicted octanol–water partition coefficient (Wildman–Crippen LogP) is 5.55. The van der Waals surface area contributed by atoms with Crippen molar-refractivity contribution < 1.29 is 0 Å². The van der Waals surface area contributed by atoms with Crippen molar-refractivity contribution in [2.45, 2.75) is 39.0 Å². The van der Waals surface area contributed by atoms with E-state index in [1.807, 2.05) is 30.4 Å². The molecular weight excluding hydrogens is 318 g/mol. The summed E-state index contributed by atoms with van der Waals surface area (Å²) in [5, 5.41) is 17.4. The summed E-state index contributed by atoms with van der Waals surface area (Å²) in [5.41, 5.74) is 4.03. The highest BCUT2D eigenvalue weighted by molar-refractivity contribution is 5.70. The monoisotopic (exact) mass is 343 g/mol. The molecule has 1 aliphatic heterocycles. The van der Waals surface area contributed by atoms with E-state index >= 15 is 0 Å². The molecular formula is C23H25N3. The van der Waals surface area contributed by atoms with Gasteiger partial charge in [0, 0.05) is 23.3 Å². The second-order valence-electron chi connectivity index (χ2n) is 6.77. The number of nitriles is 2. The maximum atomic E-state index is 8.71. The summed E-state index contributed by atoms with van der Waals surface area (Å²) in [6, 6.07) is 12.3. The number of nitrogens with zero attached hydrogens (tertiary/aromatic N) is 3. The minimum atomic E-state index is -0.0346. The maximum absolute atomic E-state index is 8.71. The van der Waals surface area contributed by atoms with E-state index in [9.17, 15) is 0 Å². The topological polar surface area (TPSA) is 50.8 Å². The van der Waals surface area contributed by atoms with Gasteiger partial charge in [-0.1, -0.05) is 69.7 Å². The van der Waals surface area contributed by atoms with Gasteiger partial charge >= 0.3 is 0 Å². The van der Waals surface area contributed by atoms with Gasteiger partial charge in [-0.25, -0.2) is 0 Å². The van der Waals surface area contributed by atoms with Gasteiger partial charge < -0.3 is 4.90 Å². The number of hydrogen-bond acceptors (Lipinski definition) is 3. The Balaban J connectivity index is 2.26. The summed E-state index contributed by atoms with van der Waals surface area (Å²) in [7, 11) is 0. The van der Waals surface area contributed by atoms with Crippen LogP contribution >= 0.6 is 0 Å². The Morgan fingerprint density at radius 2 is 1.77 bits per heavy atom. The van der Waals surface area contributed by atoms with Crippen LogP contribution in [0.3, 0.4) is 0 Å². The van der Waals surface area contributed by atoms with Crippen LogP contribution in [0.1, 0.15) is 39.2 Å². The van der Waals surface area contributed by atoms with E-state index in [4.69, 9.17) is 10.5 Å². The highest BCUT2D eigenvalue weighted by atomic mass is 15.2. The third-order valence-electron chi connectivity index (χ3n) is 4.63. The number of unbranched alkanes of at least 4 members (excludes halogenated alkanes) is 1. The molecule has 1 heterocycles. The number of fused-ring (bicyclic) bond motifs is 1.